The van der Waals surface area contributed by atoms with Crippen molar-refractivity contribution in [1.29, 1.82) is 0 Å². The Hall–Kier alpha value is -0.0500. The van der Waals surface area contributed by atoms with Crippen molar-refractivity contribution in [2.75, 3.05) is 18.3 Å². The molecule has 0 bridgehead atoms. The van der Waals surface area contributed by atoms with Crippen LogP contribution in [0.5, 0.6) is 0 Å². The second-order valence-electron chi connectivity index (χ2n) is 1.90. The largest absolute Gasteiger partial charge is 0.224 e. The van der Waals surface area contributed by atoms with E-state index in [4.69, 9.17) is 0 Å². The van der Waals surface area contributed by atoms with Crippen LogP contribution in [-0.4, -0.2) is 31.0 Å². The van der Waals surface area contributed by atoms with Gasteiger partial charge in [0, 0.05) is 7.05 Å². The number of hydrogen-bond acceptors (Lipinski definition) is 2. The highest BCUT2D eigenvalue weighted by Gasteiger charge is 2.13. The Labute approximate surface area is 76.0 Å². The Morgan fingerprint density at radius 2 is 2.09 bits per heavy atom. The first-order chi connectivity index (χ1) is 5.04. The number of sulfonamides is 1. The van der Waals surface area contributed by atoms with Gasteiger partial charge in [-0.05, 0) is 6.92 Å². The van der Waals surface area contributed by atoms with Gasteiger partial charge < -0.3 is 0 Å². The predicted molar refractivity (Wildman–Crippen MR) is 48.8 cm³/mol. The predicted octanol–water partition coefficient (Wildman–Crippen LogP) is 0.624. The highest BCUT2D eigenvalue weighted by Crippen LogP contribution is 2.00. The van der Waals surface area contributed by atoms with Crippen molar-refractivity contribution in [3.05, 3.63) is 0 Å². The fourth-order valence-corrected chi connectivity index (χ4v) is 1.85. The van der Waals surface area contributed by atoms with Gasteiger partial charge in [0.15, 0.2) is 0 Å². The van der Waals surface area contributed by atoms with E-state index in [0.717, 1.165) is 0 Å². The van der Waals surface area contributed by atoms with Crippen molar-refractivity contribution in [2.24, 2.45) is 0 Å². The Balaban J connectivity index is 4.21. The SMILES string of the molecule is CC#CCN(C)S(=O)(=O)CBr. The van der Waals surface area contributed by atoms with E-state index < -0.39 is 10.0 Å². The molecule has 0 aromatic carbocycles. The van der Waals surface area contributed by atoms with Crippen LogP contribution in [0.2, 0.25) is 0 Å². The molecular weight excluding hydrogens is 230 g/mol. The first-order valence-electron chi connectivity index (χ1n) is 2.94. The van der Waals surface area contributed by atoms with Crippen molar-refractivity contribution in [3.63, 3.8) is 0 Å². The average molecular weight is 240 g/mol. The third-order valence-corrected chi connectivity index (χ3v) is 4.18. The zero-order chi connectivity index (χ0) is 8.91. The Bertz CT molecular complexity index is 262. The summed E-state index contributed by atoms with van der Waals surface area (Å²) >= 11 is 2.89. The number of nitrogens with zero attached hydrogens (tertiary/aromatic N) is 1. The van der Waals surface area contributed by atoms with Crippen molar-refractivity contribution in [1.82, 2.24) is 4.31 Å². The van der Waals surface area contributed by atoms with E-state index in [1.54, 1.807) is 6.92 Å². The standard InChI is InChI=1S/C6H10BrNO2S/c1-3-4-5-8(2)11(9,10)6-7/h5-6H2,1-2H3. The minimum absolute atomic E-state index is 0.0537. The lowest BCUT2D eigenvalue weighted by Crippen LogP contribution is -2.27. The van der Waals surface area contributed by atoms with Crippen LogP contribution in [0, 0.1) is 11.8 Å². The molecule has 5 heteroatoms. The van der Waals surface area contributed by atoms with Gasteiger partial charge in [0.2, 0.25) is 10.0 Å². The highest BCUT2D eigenvalue weighted by molar-refractivity contribution is 9.10. The minimum atomic E-state index is -3.12. The van der Waals surface area contributed by atoms with Gasteiger partial charge in [-0.3, -0.25) is 0 Å². The average Bonchev–Trinajstić information content (AvgIpc) is 2.00. The first-order valence-corrected chi connectivity index (χ1v) is 5.67. The van der Waals surface area contributed by atoms with Crippen molar-refractivity contribution in [3.8, 4) is 11.8 Å². The molecule has 11 heavy (non-hydrogen) atoms. The third kappa shape index (κ3) is 3.75. The molecule has 3 nitrogen and oxygen atoms in total. The molecule has 0 radical (unpaired) electrons. The fourth-order valence-electron chi connectivity index (χ4n) is 0.372. The maximum absolute atomic E-state index is 11.0. The van der Waals surface area contributed by atoms with Crippen LogP contribution in [0.3, 0.4) is 0 Å². The van der Waals surface area contributed by atoms with E-state index in [1.165, 1.54) is 11.4 Å². The zero-order valence-electron chi connectivity index (χ0n) is 6.46. The molecule has 0 spiro atoms. The fraction of sp³-hybridized carbons (Fsp3) is 0.667. The Morgan fingerprint density at radius 3 is 2.45 bits per heavy atom. The summed E-state index contributed by atoms with van der Waals surface area (Å²) in [4.78, 5) is 0. The van der Waals surface area contributed by atoms with Crippen LogP contribution in [0.15, 0.2) is 0 Å². The lowest BCUT2D eigenvalue weighted by Gasteiger charge is -2.10. The van der Waals surface area contributed by atoms with Crippen LogP contribution in [0.25, 0.3) is 0 Å². The Kier molecular flexibility index (Phi) is 4.73. The molecular formula is C6H10BrNO2S. The number of halogens is 1. The zero-order valence-corrected chi connectivity index (χ0v) is 8.87. The maximum Gasteiger partial charge on any atom is 0.224 e. The summed E-state index contributed by atoms with van der Waals surface area (Å²) in [6, 6.07) is 0. The van der Waals surface area contributed by atoms with Crippen molar-refractivity contribution >= 4 is 26.0 Å². The molecule has 0 aromatic rings. The molecule has 0 heterocycles. The summed E-state index contributed by atoms with van der Waals surface area (Å²) in [5.41, 5.74) is 0. The lowest BCUT2D eigenvalue weighted by molar-refractivity contribution is 0.508. The van der Waals surface area contributed by atoms with E-state index in [2.05, 4.69) is 27.8 Å². The molecule has 0 saturated heterocycles. The third-order valence-electron chi connectivity index (χ3n) is 1.09. The molecule has 0 aliphatic carbocycles. The summed E-state index contributed by atoms with van der Waals surface area (Å²) in [5, 5.41) is 0. The van der Waals surface area contributed by atoms with E-state index in [-0.39, 0.29) is 11.2 Å². The van der Waals surface area contributed by atoms with Crippen LogP contribution >= 0.6 is 15.9 Å². The lowest BCUT2D eigenvalue weighted by atomic mass is 10.6. The number of hydrogen-bond donors (Lipinski definition) is 0. The van der Waals surface area contributed by atoms with Gasteiger partial charge in [-0.2, -0.15) is 4.31 Å². The van der Waals surface area contributed by atoms with Crippen LogP contribution in [0.1, 0.15) is 6.92 Å². The maximum atomic E-state index is 11.0. The summed E-state index contributed by atoms with van der Waals surface area (Å²) in [7, 11) is -1.62. The van der Waals surface area contributed by atoms with Gasteiger partial charge >= 0.3 is 0 Å². The van der Waals surface area contributed by atoms with Gasteiger partial charge in [0.05, 0.1) is 6.54 Å². The molecule has 0 atom stereocenters. The Morgan fingerprint density at radius 1 is 1.55 bits per heavy atom. The summed E-state index contributed by atoms with van der Waals surface area (Å²) < 4.78 is 23.2. The second-order valence-corrected chi connectivity index (χ2v) is 5.28. The monoisotopic (exact) mass is 239 g/mol. The molecule has 0 rings (SSSR count). The van der Waals surface area contributed by atoms with Gasteiger partial charge in [0.1, 0.15) is 4.66 Å². The van der Waals surface area contributed by atoms with Gasteiger partial charge in [-0.25, -0.2) is 8.42 Å². The van der Waals surface area contributed by atoms with Gasteiger partial charge in [-0.1, -0.05) is 21.9 Å². The van der Waals surface area contributed by atoms with Gasteiger partial charge in [0.25, 0.3) is 0 Å². The quantitative estimate of drug-likeness (QED) is 0.535. The first kappa shape index (κ1) is 11.0. The smallest absolute Gasteiger partial charge is 0.211 e. The molecule has 0 unspecified atom stereocenters. The van der Waals surface area contributed by atoms with Gasteiger partial charge in [-0.15, -0.1) is 5.92 Å². The molecule has 0 aliphatic rings. The molecule has 0 N–H and O–H groups in total. The van der Waals surface area contributed by atoms with Crippen LogP contribution < -0.4 is 0 Å². The van der Waals surface area contributed by atoms with E-state index >= 15 is 0 Å². The van der Waals surface area contributed by atoms with Crippen molar-refractivity contribution < 1.29 is 8.42 Å². The normalized spacial score (nSPS) is 10.9. The molecule has 0 amide bonds. The van der Waals surface area contributed by atoms with Crippen LogP contribution in [0.4, 0.5) is 0 Å². The van der Waals surface area contributed by atoms with E-state index in [1.807, 2.05) is 0 Å². The highest BCUT2D eigenvalue weighted by atomic mass is 79.9. The number of rotatable bonds is 3. The van der Waals surface area contributed by atoms with E-state index in [9.17, 15) is 8.42 Å². The minimum Gasteiger partial charge on any atom is -0.211 e. The molecule has 0 aromatic heterocycles. The molecule has 0 saturated carbocycles. The van der Waals surface area contributed by atoms with Crippen molar-refractivity contribution in [2.45, 2.75) is 6.92 Å². The van der Waals surface area contributed by atoms with E-state index in [0.29, 0.717) is 0 Å². The topological polar surface area (TPSA) is 37.4 Å². The molecule has 0 aliphatic heterocycles. The molecule has 64 valence electrons. The molecule has 0 fully saturated rings. The van der Waals surface area contributed by atoms with Crippen LogP contribution in [-0.2, 0) is 10.0 Å². The summed E-state index contributed by atoms with van der Waals surface area (Å²) in [6.45, 7) is 1.93. The summed E-state index contributed by atoms with van der Waals surface area (Å²) in [5.74, 6) is 5.29. The second kappa shape index (κ2) is 4.75. The summed E-state index contributed by atoms with van der Waals surface area (Å²) in [6.07, 6.45) is 0. The number of alkyl halides is 1.